The summed E-state index contributed by atoms with van der Waals surface area (Å²) in [4.78, 5) is 20.2. The van der Waals surface area contributed by atoms with Crippen LogP contribution in [0.3, 0.4) is 0 Å². The fourth-order valence-corrected chi connectivity index (χ4v) is 2.15. The van der Waals surface area contributed by atoms with Crippen molar-refractivity contribution in [2.24, 2.45) is 0 Å². The van der Waals surface area contributed by atoms with Gasteiger partial charge < -0.3 is 15.6 Å². The fourth-order valence-electron chi connectivity index (χ4n) is 2.15. The summed E-state index contributed by atoms with van der Waals surface area (Å²) in [6, 6.07) is 9.35. The molecule has 0 bridgehead atoms. The van der Waals surface area contributed by atoms with E-state index >= 15 is 0 Å². The Kier molecular flexibility index (Phi) is 3.51. The van der Waals surface area contributed by atoms with Crippen LogP contribution in [0.4, 0.5) is 5.82 Å². The molecule has 106 valence electrons. The molecule has 6 heteroatoms. The van der Waals surface area contributed by atoms with E-state index in [2.05, 4.69) is 15.3 Å². The Morgan fingerprint density at radius 1 is 1.33 bits per heavy atom. The Balaban J connectivity index is 1.72. The zero-order valence-corrected chi connectivity index (χ0v) is 11.4. The number of rotatable bonds is 4. The number of nitrogens with one attached hydrogen (secondary N) is 1. The van der Waals surface area contributed by atoms with Crippen molar-refractivity contribution < 1.29 is 4.79 Å². The molecule has 0 saturated heterocycles. The molecule has 0 unspecified atom stereocenters. The molecule has 6 nitrogen and oxygen atoms in total. The van der Waals surface area contributed by atoms with Crippen molar-refractivity contribution in [3.8, 4) is 0 Å². The number of amides is 1. The van der Waals surface area contributed by atoms with Crippen LogP contribution in [0.5, 0.6) is 0 Å². The van der Waals surface area contributed by atoms with Gasteiger partial charge in [-0.3, -0.25) is 4.79 Å². The van der Waals surface area contributed by atoms with E-state index in [1.165, 1.54) is 0 Å². The van der Waals surface area contributed by atoms with Crippen molar-refractivity contribution in [3.05, 3.63) is 54.7 Å². The molecule has 0 fully saturated rings. The number of nitrogens with two attached hydrogens (primary N) is 1. The number of hydrogen-bond donors (Lipinski definition) is 2. The van der Waals surface area contributed by atoms with E-state index in [-0.39, 0.29) is 5.91 Å². The van der Waals surface area contributed by atoms with Gasteiger partial charge in [-0.25, -0.2) is 9.97 Å². The predicted octanol–water partition coefficient (Wildman–Crippen LogP) is 1.44. The number of fused-ring (bicyclic) bond motifs is 1. The highest BCUT2D eigenvalue weighted by molar-refractivity contribution is 5.99. The summed E-state index contributed by atoms with van der Waals surface area (Å²) in [5.74, 6) is 0.139. The molecule has 2 heterocycles. The van der Waals surface area contributed by atoms with E-state index in [9.17, 15) is 4.79 Å². The monoisotopic (exact) mass is 281 g/mol. The summed E-state index contributed by atoms with van der Waals surface area (Å²) >= 11 is 0. The van der Waals surface area contributed by atoms with Gasteiger partial charge in [0.15, 0.2) is 0 Å². The maximum Gasteiger partial charge on any atom is 0.270 e. The highest BCUT2D eigenvalue weighted by Gasteiger charge is 2.10. The first-order chi connectivity index (χ1) is 10.2. The number of imidazole rings is 1. The predicted molar refractivity (Wildman–Crippen MR) is 80.7 cm³/mol. The summed E-state index contributed by atoms with van der Waals surface area (Å²) in [7, 11) is 0. The van der Waals surface area contributed by atoms with Crippen LogP contribution in [0.2, 0.25) is 0 Å². The Morgan fingerprint density at radius 3 is 3.00 bits per heavy atom. The lowest BCUT2D eigenvalue weighted by Crippen LogP contribution is -2.28. The van der Waals surface area contributed by atoms with Gasteiger partial charge in [-0.1, -0.05) is 24.3 Å². The molecule has 0 aliphatic carbocycles. The third kappa shape index (κ3) is 2.84. The van der Waals surface area contributed by atoms with Gasteiger partial charge in [-0.2, -0.15) is 0 Å². The van der Waals surface area contributed by atoms with Crippen LogP contribution in [0.15, 0.2) is 49.1 Å². The highest BCUT2D eigenvalue weighted by atomic mass is 16.1. The minimum atomic E-state index is -0.229. The minimum Gasteiger partial charge on any atom is -0.383 e. The molecule has 2 aromatic heterocycles. The van der Waals surface area contributed by atoms with Crippen LogP contribution in [0.1, 0.15) is 10.5 Å². The normalized spacial score (nSPS) is 10.7. The van der Waals surface area contributed by atoms with Gasteiger partial charge in [0, 0.05) is 30.9 Å². The first-order valence-electron chi connectivity index (χ1n) is 6.63. The molecule has 0 atom stereocenters. The highest BCUT2D eigenvalue weighted by Crippen LogP contribution is 2.19. The molecule has 21 heavy (non-hydrogen) atoms. The van der Waals surface area contributed by atoms with Crippen molar-refractivity contribution in [2.45, 2.75) is 6.54 Å². The first kappa shape index (κ1) is 13.1. The van der Waals surface area contributed by atoms with Crippen LogP contribution < -0.4 is 11.1 Å². The molecule has 1 aromatic carbocycles. The number of carbonyl (C=O) groups excluding carboxylic acids is 1. The molecule has 0 radical (unpaired) electrons. The number of nitrogen functional groups attached to an aromatic ring is 1. The number of aromatic nitrogens is 3. The second-order valence-electron chi connectivity index (χ2n) is 4.67. The van der Waals surface area contributed by atoms with E-state index in [1.807, 2.05) is 35.0 Å². The van der Waals surface area contributed by atoms with E-state index < -0.39 is 0 Å². The molecule has 0 spiro atoms. The smallest absolute Gasteiger partial charge is 0.270 e. The van der Waals surface area contributed by atoms with E-state index in [0.717, 1.165) is 10.8 Å². The second kappa shape index (κ2) is 5.62. The average Bonchev–Trinajstić information content (AvgIpc) is 3.00. The lowest BCUT2D eigenvalue weighted by Gasteiger charge is -2.08. The molecule has 0 aliphatic rings. The standard InChI is InChI=1S/C15H15N5O/c16-14-12-4-2-1-3-11(12)9-13(19-14)15(21)18-6-8-20-7-5-17-10-20/h1-5,7,9-10H,6,8H2,(H2,16,19)(H,18,21). The number of carbonyl (C=O) groups is 1. The first-order valence-corrected chi connectivity index (χ1v) is 6.63. The average molecular weight is 281 g/mol. The van der Waals surface area contributed by atoms with Crippen molar-refractivity contribution in [3.63, 3.8) is 0 Å². The zero-order chi connectivity index (χ0) is 14.7. The van der Waals surface area contributed by atoms with Gasteiger partial charge in [-0.05, 0) is 11.5 Å². The van der Waals surface area contributed by atoms with Gasteiger partial charge >= 0.3 is 0 Å². The maximum atomic E-state index is 12.1. The third-order valence-electron chi connectivity index (χ3n) is 3.22. The van der Waals surface area contributed by atoms with Crippen LogP contribution in [-0.4, -0.2) is 27.0 Å². The summed E-state index contributed by atoms with van der Waals surface area (Å²) in [6.45, 7) is 1.17. The minimum absolute atomic E-state index is 0.229. The van der Waals surface area contributed by atoms with Crippen molar-refractivity contribution >= 4 is 22.5 Å². The number of anilines is 1. The molecule has 3 N–H and O–H groups in total. The van der Waals surface area contributed by atoms with E-state index in [0.29, 0.717) is 24.6 Å². The molecular weight excluding hydrogens is 266 g/mol. The van der Waals surface area contributed by atoms with E-state index in [1.54, 1.807) is 18.6 Å². The Hall–Kier alpha value is -2.89. The Morgan fingerprint density at radius 2 is 2.19 bits per heavy atom. The summed E-state index contributed by atoms with van der Waals surface area (Å²) in [5.41, 5.74) is 6.23. The number of nitrogens with zero attached hydrogens (tertiary/aromatic N) is 3. The third-order valence-corrected chi connectivity index (χ3v) is 3.22. The second-order valence-corrected chi connectivity index (χ2v) is 4.67. The van der Waals surface area contributed by atoms with Gasteiger partial charge in [0.1, 0.15) is 11.5 Å². The number of hydrogen-bond acceptors (Lipinski definition) is 4. The summed E-state index contributed by atoms with van der Waals surface area (Å²) in [6.07, 6.45) is 5.25. The van der Waals surface area contributed by atoms with Gasteiger partial charge in [0.2, 0.25) is 0 Å². The SMILES string of the molecule is Nc1nc(C(=O)NCCn2ccnc2)cc2ccccc12. The molecular formula is C15H15N5O. The molecule has 1 amide bonds. The van der Waals surface area contributed by atoms with Crippen molar-refractivity contribution in [2.75, 3.05) is 12.3 Å². The number of benzene rings is 1. The zero-order valence-electron chi connectivity index (χ0n) is 11.4. The van der Waals surface area contributed by atoms with Gasteiger partial charge in [-0.15, -0.1) is 0 Å². The quantitative estimate of drug-likeness (QED) is 0.757. The summed E-state index contributed by atoms with van der Waals surface area (Å²) in [5, 5.41) is 4.58. The molecule has 3 aromatic rings. The lowest BCUT2D eigenvalue weighted by atomic mass is 10.1. The topological polar surface area (TPSA) is 85.8 Å². The lowest BCUT2D eigenvalue weighted by molar-refractivity contribution is 0.0947. The molecule has 0 saturated carbocycles. The molecule has 3 rings (SSSR count). The molecule has 0 aliphatic heterocycles. The Bertz CT molecular complexity index is 767. The van der Waals surface area contributed by atoms with Gasteiger partial charge in [0.05, 0.1) is 6.33 Å². The van der Waals surface area contributed by atoms with Crippen LogP contribution in [0.25, 0.3) is 10.8 Å². The van der Waals surface area contributed by atoms with Crippen molar-refractivity contribution in [1.82, 2.24) is 19.9 Å². The van der Waals surface area contributed by atoms with E-state index in [4.69, 9.17) is 5.73 Å². The van der Waals surface area contributed by atoms with Crippen LogP contribution >= 0.6 is 0 Å². The largest absolute Gasteiger partial charge is 0.383 e. The Labute approximate surface area is 121 Å². The van der Waals surface area contributed by atoms with Crippen LogP contribution in [-0.2, 0) is 6.54 Å². The number of pyridine rings is 1. The summed E-state index contributed by atoms with van der Waals surface area (Å²) < 4.78 is 1.89. The van der Waals surface area contributed by atoms with Gasteiger partial charge in [0.25, 0.3) is 5.91 Å². The van der Waals surface area contributed by atoms with Crippen LogP contribution in [0, 0.1) is 0 Å². The van der Waals surface area contributed by atoms with Crippen molar-refractivity contribution in [1.29, 1.82) is 0 Å². The fraction of sp³-hybridized carbons (Fsp3) is 0.133. The maximum absolute atomic E-state index is 12.1.